The van der Waals surface area contributed by atoms with Gasteiger partial charge >= 0.3 is 0 Å². The largest absolute Gasteiger partial charge is 0.416 e. The minimum absolute atomic E-state index is 0.117. The van der Waals surface area contributed by atoms with E-state index in [1.807, 2.05) is 66.7 Å². The van der Waals surface area contributed by atoms with Crippen LogP contribution in [-0.2, 0) is 11.2 Å². The number of nitrogens with zero attached hydrogens (tertiary/aromatic N) is 2. The third-order valence-electron chi connectivity index (χ3n) is 4.11. The summed E-state index contributed by atoms with van der Waals surface area (Å²) in [5.74, 6) is 0.608. The van der Waals surface area contributed by atoms with Crippen LogP contribution < -0.4 is 5.32 Å². The molecule has 7 heteroatoms. The standard InChI is InChI=1S/C21H16BrN3O2S/c22-16-10-8-14(9-11-16)12-20-24-25-21(27-20)28-13-19(26)23-18-7-3-5-15-4-1-2-6-17(15)18/h1-11H,12-13H2,(H,23,26). The monoisotopic (exact) mass is 453 g/mol. The van der Waals surface area contributed by atoms with Crippen molar-refractivity contribution < 1.29 is 9.21 Å². The normalized spacial score (nSPS) is 10.9. The van der Waals surface area contributed by atoms with Crippen LogP contribution in [0.1, 0.15) is 11.5 Å². The molecule has 140 valence electrons. The predicted molar refractivity (Wildman–Crippen MR) is 115 cm³/mol. The van der Waals surface area contributed by atoms with Crippen molar-refractivity contribution in [3.8, 4) is 0 Å². The molecule has 0 atom stereocenters. The Morgan fingerprint density at radius 3 is 2.64 bits per heavy atom. The highest BCUT2D eigenvalue weighted by Gasteiger charge is 2.11. The number of amides is 1. The van der Waals surface area contributed by atoms with Gasteiger partial charge in [-0.05, 0) is 29.1 Å². The molecule has 0 radical (unpaired) electrons. The molecule has 3 aromatic carbocycles. The van der Waals surface area contributed by atoms with Crippen molar-refractivity contribution in [2.45, 2.75) is 11.6 Å². The molecule has 0 unspecified atom stereocenters. The quantitative estimate of drug-likeness (QED) is 0.400. The number of halogens is 1. The number of hydrogen-bond acceptors (Lipinski definition) is 5. The third kappa shape index (κ3) is 4.61. The number of aromatic nitrogens is 2. The van der Waals surface area contributed by atoms with Crippen LogP contribution in [0.25, 0.3) is 10.8 Å². The Hall–Kier alpha value is -2.64. The molecule has 1 amide bonds. The Balaban J connectivity index is 1.35. The molecular formula is C21H16BrN3O2S. The summed E-state index contributed by atoms with van der Waals surface area (Å²) >= 11 is 4.64. The van der Waals surface area contributed by atoms with Crippen molar-refractivity contribution >= 4 is 50.1 Å². The maximum Gasteiger partial charge on any atom is 0.277 e. The molecule has 0 aliphatic heterocycles. The van der Waals surface area contributed by atoms with Crippen molar-refractivity contribution in [2.24, 2.45) is 0 Å². The smallest absolute Gasteiger partial charge is 0.277 e. The van der Waals surface area contributed by atoms with Gasteiger partial charge in [-0.15, -0.1) is 10.2 Å². The average Bonchev–Trinajstić information content (AvgIpc) is 3.16. The van der Waals surface area contributed by atoms with Crippen LogP contribution in [0.4, 0.5) is 5.69 Å². The van der Waals surface area contributed by atoms with Crippen molar-refractivity contribution in [1.82, 2.24) is 10.2 Å². The first-order chi connectivity index (χ1) is 13.7. The molecule has 0 saturated heterocycles. The number of carbonyl (C=O) groups excluding carboxylic acids is 1. The molecule has 4 aromatic rings. The van der Waals surface area contributed by atoms with Gasteiger partial charge in [0, 0.05) is 15.5 Å². The lowest BCUT2D eigenvalue weighted by Crippen LogP contribution is -2.14. The minimum atomic E-state index is -0.117. The van der Waals surface area contributed by atoms with Crippen molar-refractivity contribution in [3.63, 3.8) is 0 Å². The molecule has 1 heterocycles. The summed E-state index contributed by atoms with van der Waals surface area (Å²) in [5.41, 5.74) is 1.88. The third-order valence-corrected chi connectivity index (χ3v) is 5.45. The van der Waals surface area contributed by atoms with E-state index in [0.29, 0.717) is 17.5 Å². The van der Waals surface area contributed by atoms with Gasteiger partial charge in [0.25, 0.3) is 5.22 Å². The first-order valence-corrected chi connectivity index (χ1v) is 10.4. The van der Waals surface area contributed by atoms with E-state index in [1.165, 1.54) is 11.8 Å². The van der Waals surface area contributed by atoms with Crippen LogP contribution in [0.15, 0.2) is 80.8 Å². The van der Waals surface area contributed by atoms with Gasteiger partial charge in [-0.2, -0.15) is 0 Å². The van der Waals surface area contributed by atoms with Gasteiger partial charge in [0.2, 0.25) is 11.8 Å². The summed E-state index contributed by atoms with van der Waals surface area (Å²) in [5, 5.41) is 13.5. The number of benzene rings is 3. The highest BCUT2D eigenvalue weighted by Crippen LogP contribution is 2.24. The first-order valence-electron chi connectivity index (χ1n) is 8.64. The fourth-order valence-electron chi connectivity index (χ4n) is 2.79. The van der Waals surface area contributed by atoms with Crippen LogP contribution >= 0.6 is 27.7 Å². The lowest BCUT2D eigenvalue weighted by Gasteiger charge is -2.07. The van der Waals surface area contributed by atoms with Crippen LogP contribution in [0.5, 0.6) is 0 Å². The van der Waals surface area contributed by atoms with Crippen molar-refractivity contribution in [3.05, 3.63) is 82.7 Å². The average molecular weight is 454 g/mol. The molecule has 1 N–H and O–H groups in total. The molecular weight excluding hydrogens is 438 g/mol. The maximum absolute atomic E-state index is 12.3. The van der Waals surface area contributed by atoms with E-state index < -0.39 is 0 Å². The number of carbonyl (C=O) groups is 1. The molecule has 0 aliphatic rings. The Labute approximate surface area is 174 Å². The summed E-state index contributed by atoms with van der Waals surface area (Å²) in [6.07, 6.45) is 0.559. The van der Waals surface area contributed by atoms with Crippen LogP contribution in [0.2, 0.25) is 0 Å². The molecule has 0 aliphatic carbocycles. The minimum Gasteiger partial charge on any atom is -0.416 e. The molecule has 0 bridgehead atoms. The van der Waals surface area contributed by atoms with Gasteiger partial charge in [-0.1, -0.05) is 76.2 Å². The topological polar surface area (TPSA) is 68.0 Å². The Morgan fingerprint density at radius 1 is 1.00 bits per heavy atom. The maximum atomic E-state index is 12.3. The highest BCUT2D eigenvalue weighted by atomic mass is 79.9. The molecule has 0 fully saturated rings. The van der Waals surface area contributed by atoms with E-state index in [2.05, 4.69) is 31.4 Å². The zero-order chi connectivity index (χ0) is 19.3. The van der Waals surface area contributed by atoms with E-state index in [4.69, 9.17) is 4.42 Å². The van der Waals surface area contributed by atoms with E-state index in [0.717, 1.165) is 26.5 Å². The summed E-state index contributed by atoms with van der Waals surface area (Å²) < 4.78 is 6.66. The Morgan fingerprint density at radius 2 is 1.79 bits per heavy atom. The second-order valence-corrected chi connectivity index (χ2v) is 7.97. The summed E-state index contributed by atoms with van der Waals surface area (Å²) in [6, 6.07) is 21.7. The van der Waals surface area contributed by atoms with Crippen molar-refractivity contribution in [1.29, 1.82) is 0 Å². The number of fused-ring (bicyclic) bond motifs is 1. The second kappa shape index (κ2) is 8.58. The van der Waals surface area contributed by atoms with Crippen molar-refractivity contribution in [2.75, 3.05) is 11.1 Å². The van der Waals surface area contributed by atoms with Gasteiger partial charge < -0.3 is 9.73 Å². The van der Waals surface area contributed by atoms with Gasteiger partial charge in [-0.25, -0.2) is 0 Å². The predicted octanol–water partition coefficient (Wildman–Crippen LogP) is 5.31. The molecule has 0 spiro atoms. The zero-order valence-corrected chi connectivity index (χ0v) is 17.2. The van der Waals surface area contributed by atoms with Gasteiger partial charge in [0.15, 0.2) is 0 Å². The summed E-state index contributed by atoms with van der Waals surface area (Å²) in [7, 11) is 0. The van der Waals surface area contributed by atoms with Crippen LogP contribution in [0, 0.1) is 0 Å². The SMILES string of the molecule is O=C(CSc1nnc(Cc2ccc(Br)cc2)o1)Nc1cccc2ccccc12. The number of thioether (sulfide) groups is 1. The number of hydrogen-bond donors (Lipinski definition) is 1. The van der Waals surface area contributed by atoms with Crippen LogP contribution in [0.3, 0.4) is 0 Å². The fraction of sp³-hybridized carbons (Fsp3) is 0.0952. The van der Waals surface area contributed by atoms with Gasteiger partial charge in [-0.3, -0.25) is 4.79 Å². The molecule has 5 nitrogen and oxygen atoms in total. The highest BCUT2D eigenvalue weighted by molar-refractivity contribution is 9.10. The van der Waals surface area contributed by atoms with Gasteiger partial charge in [0.1, 0.15) is 0 Å². The number of rotatable bonds is 6. The molecule has 28 heavy (non-hydrogen) atoms. The molecule has 4 rings (SSSR count). The van der Waals surface area contributed by atoms with E-state index in [-0.39, 0.29) is 11.7 Å². The molecule has 0 saturated carbocycles. The van der Waals surface area contributed by atoms with Crippen LogP contribution in [-0.4, -0.2) is 21.9 Å². The Bertz CT molecular complexity index is 1110. The summed E-state index contributed by atoms with van der Waals surface area (Å²) in [4.78, 5) is 12.3. The number of anilines is 1. The van der Waals surface area contributed by atoms with E-state index >= 15 is 0 Å². The first kappa shape index (κ1) is 18.7. The number of nitrogens with one attached hydrogen (secondary N) is 1. The zero-order valence-electron chi connectivity index (χ0n) is 14.8. The molecule has 1 aromatic heterocycles. The van der Waals surface area contributed by atoms with E-state index in [9.17, 15) is 4.79 Å². The summed E-state index contributed by atoms with van der Waals surface area (Å²) in [6.45, 7) is 0. The second-order valence-electron chi connectivity index (χ2n) is 6.13. The lowest BCUT2D eigenvalue weighted by molar-refractivity contribution is -0.113. The lowest BCUT2D eigenvalue weighted by atomic mass is 10.1. The van der Waals surface area contributed by atoms with Gasteiger partial charge in [0.05, 0.1) is 12.2 Å². The Kier molecular flexibility index (Phi) is 5.73. The fourth-order valence-corrected chi connectivity index (χ4v) is 3.64. The van der Waals surface area contributed by atoms with E-state index in [1.54, 1.807) is 0 Å².